The first-order valence-corrected chi connectivity index (χ1v) is 7.18. The van der Waals surface area contributed by atoms with Gasteiger partial charge in [-0.2, -0.15) is 0 Å². The van der Waals surface area contributed by atoms with Gasteiger partial charge in [0, 0.05) is 30.8 Å². The maximum absolute atomic E-state index is 10.7. The van der Waals surface area contributed by atoms with Crippen molar-refractivity contribution in [3.05, 3.63) is 69.8 Å². The largest absolute Gasteiger partial charge is 0.482 e. The third-order valence-corrected chi connectivity index (χ3v) is 3.99. The molecule has 1 atom stereocenters. The number of non-ortho nitro benzene ring substituents is 1. The van der Waals surface area contributed by atoms with Gasteiger partial charge in [0.25, 0.3) is 5.69 Å². The van der Waals surface area contributed by atoms with Crippen molar-refractivity contribution in [2.24, 2.45) is 0 Å². The molecular formula is C17H19ClN2O3. The molecule has 2 aromatic carbocycles. The molecule has 122 valence electrons. The molecule has 0 aromatic heterocycles. The molecule has 1 heterocycles. The number of fused-ring (bicyclic) bond motifs is 1. The van der Waals surface area contributed by atoms with Crippen LogP contribution in [0, 0.1) is 10.1 Å². The highest BCUT2D eigenvalue weighted by Crippen LogP contribution is 2.35. The quantitative estimate of drug-likeness (QED) is 0.633. The summed E-state index contributed by atoms with van der Waals surface area (Å²) in [6, 6.07) is 14.5. The first kappa shape index (κ1) is 17.2. The van der Waals surface area contributed by atoms with Gasteiger partial charge in [-0.05, 0) is 31.7 Å². The molecule has 0 aliphatic carbocycles. The summed E-state index contributed by atoms with van der Waals surface area (Å²) in [4.78, 5) is 12.5. The number of hydrogen-bond acceptors (Lipinski definition) is 4. The van der Waals surface area contributed by atoms with E-state index in [4.69, 9.17) is 4.74 Å². The van der Waals surface area contributed by atoms with E-state index in [0.29, 0.717) is 5.75 Å². The van der Waals surface area contributed by atoms with Gasteiger partial charge in [-0.25, -0.2) is 0 Å². The van der Waals surface area contributed by atoms with Crippen LogP contribution < -0.4 is 4.74 Å². The molecule has 5 nitrogen and oxygen atoms in total. The average Bonchev–Trinajstić information content (AvgIpc) is 2.47. The zero-order valence-corrected chi connectivity index (χ0v) is 13.9. The summed E-state index contributed by atoms with van der Waals surface area (Å²) in [5.41, 5.74) is 2.02. The Kier molecular flexibility index (Phi) is 4.92. The van der Waals surface area contributed by atoms with E-state index < -0.39 is 10.5 Å². The number of halogens is 1. The molecule has 3 rings (SSSR count). The Balaban J connectivity index is 0.00000192. The van der Waals surface area contributed by atoms with Crippen molar-refractivity contribution in [1.82, 2.24) is 4.90 Å². The van der Waals surface area contributed by atoms with Gasteiger partial charge in [-0.15, -0.1) is 12.4 Å². The number of nitro benzene ring substituents is 1. The topological polar surface area (TPSA) is 55.6 Å². The van der Waals surface area contributed by atoms with Crippen molar-refractivity contribution in [3.63, 3.8) is 0 Å². The Hall–Kier alpha value is -2.11. The Morgan fingerprint density at radius 3 is 2.48 bits per heavy atom. The number of rotatable bonds is 3. The van der Waals surface area contributed by atoms with Crippen LogP contribution in [-0.2, 0) is 12.1 Å². The highest BCUT2D eigenvalue weighted by Gasteiger charge is 2.36. The fourth-order valence-corrected chi connectivity index (χ4v) is 3.10. The number of ether oxygens (including phenoxy) is 1. The van der Waals surface area contributed by atoms with Crippen LogP contribution >= 0.6 is 12.4 Å². The lowest BCUT2D eigenvalue weighted by Crippen LogP contribution is -2.45. The van der Waals surface area contributed by atoms with Crippen LogP contribution in [-0.4, -0.2) is 23.4 Å². The van der Waals surface area contributed by atoms with Crippen molar-refractivity contribution in [2.75, 3.05) is 13.6 Å². The number of nitrogens with zero attached hydrogens (tertiary/aromatic N) is 2. The molecule has 2 aromatic rings. The summed E-state index contributed by atoms with van der Waals surface area (Å²) in [6.45, 7) is 3.72. The lowest BCUT2D eigenvalue weighted by atomic mass is 9.87. The van der Waals surface area contributed by atoms with Crippen molar-refractivity contribution in [2.45, 2.75) is 19.1 Å². The number of benzene rings is 2. The van der Waals surface area contributed by atoms with Crippen LogP contribution in [0.15, 0.2) is 48.5 Å². The van der Waals surface area contributed by atoms with Crippen LogP contribution in [0.25, 0.3) is 0 Å². The van der Waals surface area contributed by atoms with Gasteiger partial charge in [-0.1, -0.05) is 24.3 Å². The van der Waals surface area contributed by atoms with Crippen molar-refractivity contribution in [1.29, 1.82) is 0 Å². The van der Waals surface area contributed by atoms with Gasteiger partial charge in [0.05, 0.1) is 4.92 Å². The second-order valence-electron chi connectivity index (χ2n) is 5.91. The molecule has 1 aliphatic heterocycles. The number of hydrogen-bond donors (Lipinski definition) is 0. The smallest absolute Gasteiger partial charge is 0.269 e. The fraction of sp³-hybridized carbons (Fsp3) is 0.294. The highest BCUT2D eigenvalue weighted by molar-refractivity contribution is 5.85. The SMILES string of the molecule is CN1Cc2ccccc2C(C)(Oc2ccc([N+](=O)[O-])cc2)C1.Cl. The fourth-order valence-electron chi connectivity index (χ4n) is 3.10. The summed E-state index contributed by atoms with van der Waals surface area (Å²) in [5, 5.41) is 10.7. The Morgan fingerprint density at radius 1 is 1.17 bits per heavy atom. The lowest BCUT2D eigenvalue weighted by molar-refractivity contribution is -0.384. The third-order valence-electron chi connectivity index (χ3n) is 3.99. The average molecular weight is 335 g/mol. The number of likely N-dealkylation sites (N-methyl/N-ethyl adjacent to an activating group) is 1. The minimum atomic E-state index is -0.472. The van der Waals surface area contributed by atoms with Gasteiger partial charge in [0.2, 0.25) is 0 Å². The summed E-state index contributed by atoms with van der Waals surface area (Å²) in [7, 11) is 2.06. The summed E-state index contributed by atoms with van der Waals surface area (Å²) >= 11 is 0. The Bertz CT molecular complexity index is 705. The molecular weight excluding hydrogens is 316 g/mol. The van der Waals surface area contributed by atoms with Gasteiger partial charge in [0.15, 0.2) is 0 Å². The van der Waals surface area contributed by atoms with E-state index in [9.17, 15) is 10.1 Å². The molecule has 0 radical (unpaired) electrons. The van der Waals surface area contributed by atoms with E-state index >= 15 is 0 Å². The first-order valence-electron chi connectivity index (χ1n) is 7.18. The van der Waals surface area contributed by atoms with E-state index in [1.54, 1.807) is 12.1 Å². The van der Waals surface area contributed by atoms with Crippen molar-refractivity contribution >= 4 is 18.1 Å². The molecule has 0 N–H and O–H groups in total. The molecule has 0 bridgehead atoms. The minimum absolute atomic E-state index is 0. The van der Waals surface area contributed by atoms with Gasteiger partial charge >= 0.3 is 0 Å². The second kappa shape index (κ2) is 6.56. The zero-order valence-electron chi connectivity index (χ0n) is 13.1. The van der Waals surface area contributed by atoms with E-state index in [0.717, 1.165) is 13.1 Å². The summed E-state index contributed by atoms with van der Waals surface area (Å²) < 4.78 is 6.21. The van der Waals surface area contributed by atoms with E-state index in [1.807, 2.05) is 12.1 Å². The molecule has 0 spiro atoms. The van der Waals surface area contributed by atoms with Crippen LogP contribution in [0.2, 0.25) is 0 Å². The van der Waals surface area contributed by atoms with E-state index in [-0.39, 0.29) is 18.1 Å². The van der Waals surface area contributed by atoms with Gasteiger partial charge < -0.3 is 4.74 Å². The van der Waals surface area contributed by atoms with E-state index in [1.165, 1.54) is 23.3 Å². The van der Waals surface area contributed by atoms with Crippen LogP contribution in [0.1, 0.15) is 18.1 Å². The monoisotopic (exact) mass is 334 g/mol. The predicted octanol–water partition coefficient (Wildman–Crippen LogP) is 3.76. The summed E-state index contributed by atoms with van der Waals surface area (Å²) in [6.07, 6.45) is 0. The normalized spacial score (nSPS) is 20.3. The molecule has 23 heavy (non-hydrogen) atoms. The highest BCUT2D eigenvalue weighted by atomic mass is 35.5. The molecule has 0 fully saturated rings. The maximum atomic E-state index is 10.7. The molecule has 1 unspecified atom stereocenters. The van der Waals surface area contributed by atoms with Crippen LogP contribution in [0.5, 0.6) is 5.75 Å². The van der Waals surface area contributed by atoms with Gasteiger partial charge in [0.1, 0.15) is 11.4 Å². The number of nitro groups is 1. The van der Waals surface area contributed by atoms with Crippen molar-refractivity contribution < 1.29 is 9.66 Å². The molecule has 1 aliphatic rings. The minimum Gasteiger partial charge on any atom is -0.482 e. The molecule has 0 amide bonds. The first-order chi connectivity index (χ1) is 10.5. The van der Waals surface area contributed by atoms with Crippen LogP contribution in [0.4, 0.5) is 5.69 Å². The molecule has 0 saturated heterocycles. The van der Waals surface area contributed by atoms with E-state index in [2.05, 4.69) is 31.0 Å². The second-order valence-corrected chi connectivity index (χ2v) is 5.91. The maximum Gasteiger partial charge on any atom is 0.269 e. The van der Waals surface area contributed by atoms with Crippen LogP contribution in [0.3, 0.4) is 0 Å². The molecule has 6 heteroatoms. The Morgan fingerprint density at radius 2 is 1.83 bits per heavy atom. The zero-order chi connectivity index (χ0) is 15.7. The van der Waals surface area contributed by atoms with Gasteiger partial charge in [-0.3, -0.25) is 15.0 Å². The Labute approximate surface area is 141 Å². The lowest BCUT2D eigenvalue weighted by Gasteiger charge is -2.40. The summed E-state index contributed by atoms with van der Waals surface area (Å²) in [5.74, 6) is 0.637. The third kappa shape index (κ3) is 3.46. The predicted molar refractivity (Wildman–Crippen MR) is 91.1 cm³/mol. The standard InChI is InChI=1S/C17H18N2O3.ClH/c1-17(22-15-9-7-14(8-10-15)19(20)21)12-18(2)11-13-5-3-4-6-16(13)17;/h3-10H,11-12H2,1-2H3;1H. The van der Waals surface area contributed by atoms with Crippen molar-refractivity contribution in [3.8, 4) is 5.75 Å². The molecule has 0 saturated carbocycles.